The molecule has 0 aromatic rings. The van der Waals surface area contributed by atoms with Crippen LogP contribution in [0.25, 0.3) is 0 Å². The topological polar surface area (TPSA) is 15.3 Å². The van der Waals surface area contributed by atoms with E-state index >= 15 is 0 Å². The molecule has 1 aliphatic heterocycles. The molecule has 0 aromatic heterocycles. The van der Waals surface area contributed by atoms with Gasteiger partial charge in [0.25, 0.3) is 0 Å². The minimum absolute atomic E-state index is 0.359. The Morgan fingerprint density at radius 1 is 1.37 bits per heavy atom. The Labute approximate surface area is 125 Å². The average molecular weight is 287 g/mol. The van der Waals surface area contributed by atoms with E-state index in [2.05, 4.69) is 51.1 Å². The first-order valence-corrected chi connectivity index (χ1v) is 9.25. The molecule has 1 fully saturated rings. The second kappa shape index (κ2) is 7.90. The molecule has 0 aliphatic carbocycles. The predicted octanol–water partition coefficient (Wildman–Crippen LogP) is 3.47. The monoisotopic (exact) mass is 286 g/mol. The summed E-state index contributed by atoms with van der Waals surface area (Å²) < 4.78 is 0. The van der Waals surface area contributed by atoms with E-state index in [1.165, 1.54) is 31.7 Å². The molecule has 0 radical (unpaired) electrons. The summed E-state index contributed by atoms with van der Waals surface area (Å²) in [6.07, 6.45) is 4.82. The summed E-state index contributed by atoms with van der Waals surface area (Å²) in [6, 6.07) is 1.35. The van der Waals surface area contributed by atoms with Gasteiger partial charge in [0.2, 0.25) is 0 Å². The molecule has 0 spiro atoms. The lowest BCUT2D eigenvalue weighted by atomic mass is 9.83. The van der Waals surface area contributed by atoms with Gasteiger partial charge in [-0.25, -0.2) is 0 Å². The Morgan fingerprint density at radius 3 is 2.58 bits per heavy atom. The molecule has 19 heavy (non-hydrogen) atoms. The summed E-state index contributed by atoms with van der Waals surface area (Å²) in [5.74, 6) is 2.08. The first kappa shape index (κ1) is 17.3. The number of hydrogen-bond acceptors (Lipinski definition) is 3. The van der Waals surface area contributed by atoms with Crippen molar-refractivity contribution in [3.8, 4) is 0 Å². The Hall–Kier alpha value is 0.270. The van der Waals surface area contributed by atoms with Crippen LogP contribution in [0.4, 0.5) is 0 Å². The van der Waals surface area contributed by atoms with Crippen LogP contribution in [-0.4, -0.2) is 48.6 Å². The largest absolute Gasteiger partial charge is 0.311 e. The lowest BCUT2D eigenvalue weighted by Crippen LogP contribution is -2.62. The standard InChI is InChI=1S/C16H34N2S/c1-7-13(2)14-11-17-15(16(3,4)5)12-18(14)9-8-10-19-6/h13-15,17H,7-12H2,1-6H3. The van der Waals surface area contributed by atoms with Crippen LogP contribution in [0.15, 0.2) is 0 Å². The van der Waals surface area contributed by atoms with Gasteiger partial charge in [-0.2, -0.15) is 11.8 Å². The van der Waals surface area contributed by atoms with Gasteiger partial charge in [-0.1, -0.05) is 41.0 Å². The predicted molar refractivity (Wildman–Crippen MR) is 89.1 cm³/mol. The molecule has 1 rings (SSSR count). The van der Waals surface area contributed by atoms with E-state index in [0.717, 1.165) is 18.5 Å². The number of thioether (sulfide) groups is 1. The van der Waals surface area contributed by atoms with Crippen LogP contribution in [0.3, 0.4) is 0 Å². The maximum atomic E-state index is 3.80. The highest BCUT2D eigenvalue weighted by Gasteiger charge is 2.35. The van der Waals surface area contributed by atoms with Crippen molar-refractivity contribution in [1.82, 2.24) is 10.2 Å². The zero-order chi connectivity index (χ0) is 14.5. The Morgan fingerprint density at radius 2 is 2.05 bits per heavy atom. The van der Waals surface area contributed by atoms with Gasteiger partial charge in [-0.3, -0.25) is 4.90 Å². The van der Waals surface area contributed by atoms with Crippen LogP contribution in [0.5, 0.6) is 0 Å². The van der Waals surface area contributed by atoms with Crippen molar-refractivity contribution in [2.45, 2.75) is 59.5 Å². The maximum Gasteiger partial charge on any atom is 0.0246 e. The summed E-state index contributed by atoms with van der Waals surface area (Å²) in [5, 5.41) is 3.80. The van der Waals surface area contributed by atoms with Gasteiger partial charge < -0.3 is 5.32 Å². The second-order valence-electron chi connectivity index (χ2n) is 7.12. The molecule has 3 heteroatoms. The smallest absolute Gasteiger partial charge is 0.0246 e. The van der Waals surface area contributed by atoms with E-state index in [1.807, 2.05) is 11.8 Å². The highest BCUT2D eigenvalue weighted by atomic mass is 32.2. The van der Waals surface area contributed by atoms with Crippen LogP contribution in [0.1, 0.15) is 47.5 Å². The highest BCUT2D eigenvalue weighted by Crippen LogP contribution is 2.26. The molecule has 3 atom stereocenters. The van der Waals surface area contributed by atoms with E-state index in [-0.39, 0.29) is 0 Å². The van der Waals surface area contributed by atoms with Crippen LogP contribution in [-0.2, 0) is 0 Å². The molecule has 0 aromatic carbocycles. The molecule has 3 unspecified atom stereocenters. The van der Waals surface area contributed by atoms with Gasteiger partial charge in [-0.05, 0) is 36.3 Å². The molecule has 1 heterocycles. The van der Waals surface area contributed by atoms with Gasteiger partial charge >= 0.3 is 0 Å². The third-order valence-electron chi connectivity index (χ3n) is 4.60. The van der Waals surface area contributed by atoms with Crippen LogP contribution >= 0.6 is 11.8 Å². The quantitative estimate of drug-likeness (QED) is 0.753. The fourth-order valence-corrected chi connectivity index (χ4v) is 3.33. The second-order valence-corrected chi connectivity index (χ2v) is 8.11. The fraction of sp³-hybridized carbons (Fsp3) is 1.00. The van der Waals surface area contributed by atoms with E-state index in [1.54, 1.807) is 0 Å². The zero-order valence-electron chi connectivity index (χ0n) is 13.8. The molecule has 0 saturated carbocycles. The van der Waals surface area contributed by atoms with Gasteiger partial charge in [0.1, 0.15) is 0 Å². The summed E-state index contributed by atoms with van der Waals surface area (Å²) in [7, 11) is 0. The third kappa shape index (κ3) is 5.28. The molecule has 1 N–H and O–H groups in total. The molecule has 2 nitrogen and oxygen atoms in total. The van der Waals surface area contributed by atoms with Crippen LogP contribution < -0.4 is 5.32 Å². The number of hydrogen-bond donors (Lipinski definition) is 1. The average Bonchev–Trinajstić information content (AvgIpc) is 2.37. The minimum atomic E-state index is 0.359. The molecule has 0 bridgehead atoms. The van der Waals surface area contributed by atoms with E-state index in [4.69, 9.17) is 0 Å². The molecule has 1 saturated heterocycles. The van der Waals surface area contributed by atoms with Crippen molar-refractivity contribution in [2.24, 2.45) is 11.3 Å². The van der Waals surface area contributed by atoms with E-state index in [0.29, 0.717) is 11.5 Å². The Kier molecular flexibility index (Phi) is 7.20. The highest BCUT2D eigenvalue weighted by molar-refractivity contribution is 7.98. The lowest BCUT2D eigenvalue weighted by molar-refractivity contribution is 0.0586. The number of piperazine rings is 1. The molecular weight excluding hydrogens is 252 g/mol. The molecular formula is C16H34N2S. The van der Waals surface area contributed by atoms with Crippen molar-refractivity contribution >= 4 is 11.8 Å². The van der Waals surface area contributed by atoms with Crippen molar-refractivity contribution in [2.75, 3.05) is 31.6 Å². The minimum Gasteiger partial charge on any atom is -0.311 e. The van der Waals surface area contributed by atoms with E-state index < -0.39 is 0 Å². The summed E-state index contributed by atoms with van der Waals surface area (Å²) in [4.78, 5) is 2.76. The van der Waals surface area contributed by atoms with Crippen LogP contribution in [0, 0.1) is 11.3 Å². The van der Waals surface area contributed by atoms with Crippen LogP contribution in [0.2, 0.25) is 0 Å². The first-order valence-electron chi connectivity index (χ1n) is 7.86. The molecule has 0 amide bonds. The Balaban J connectivity index is 2.63. The molecule has 1 aliphatic rings. The fourth-order valence-electron chi connectivity index (χ4n) is 2.91. The van der Waals surface area contributed by atoms with Gasteiger partial charge in [0.15, 0.2) is 0 Å². The maximum absolute atomic E-state index is 3.80. The van der Waals surface area contributed by atoms with Crippen molar-refractivity contribution in [1.29, 1.82) is 0 Å². The zero-order valence-corrected chi connectivity index (χ0v) is 14.6. The van der Waals surface area contributed by atoms with E-state index in [9.17, 15) is 0 Å². The molecule has 114 valence electrons. The summed E-state index contributed by atoms with van der Waals surface area (Å²) >= 11 is 1.97. The lowest BCUT2D eigenvalue weighted by Gasteiger charge is -2.47. The Bertz CT molecular complexity index is 250. The first-order chi connectivity index (χ1) is 8.90. The van der Waals surface area contributed by atoms with Crippen molar-refractivity contribution < 1.29 is 0 Å². The summed E-state index contributed by atoms with van der Waals surface area (Å²) in [5.41, 5.74) is 0.359. The number of nitrogens with zero attached hydrogens (tertiary/aromatic N) is 1. The normalized spacial score (nSPS) is 27.5. The SMILES string of the molecule is CCC(C)C1CNC(C(C)(C)C)CN1CCCSC. The van der Waals surface area contributed by atoms with Gasteiger partial charge in [-0.15, -0.1) is 0 Å². The number of rotatable bonds is 6. The summed E-state index contributed by atoms with van der Waals surface area (Å²) in [6.45, 7) is 15.4. The van der Waals surface area contributed by atoms with Gasteiger partial charge in [0, 0.05) is 25.2 Å². The number of nitrogens with one attached hydrogen (secondary N) is 1. The van der Waals surface area contributed by atoms with Gasteiger partial charge in [0.05, 0.1) is 0 Å². The van der Waals surface area contributed by atoms with Crippen molar-refractivity contribution in [3.63, 3.8) is 0 Å². The van der Waals surface area contributed by atoms with Crippen molar-refractivity contribution in [3.05, 3.63) is 0 Å². The third-order valence-corrected chi connectivity index (χ3v) is 5.30.